The van der Waals surface area contributed by atoms with Crippen LogP contribution >= 0.6 is 0 Å². The minimum Gasteiger partial charge on any atom is -0.399 e. The lowest BCUT2D eigenvalue weighted by Crippen LogP contribution is -1.85. The zero-order valence-electron chi connectivity index (χ0n) is 8.01. The summed E-state index contributed by atoms with van der Waals surface area (Å²) in [4.78, 5) is 7.97. The summed E-state index contributed by atoms with van der Waals surface area (Å²) in [6.45, 7) is 0. The molecule has 2 rings (SSSR count). The lowest BCUT2D eigenvalue weighted by molar-refractivity contribution is 1.17. The topological polar surface area (TPSA) is 51.8 Å². The molecule has 2 N–H and O–H groups in total. The highest BCUT2D eigenvalue weighted by atomic mass is 14.7. The molecule has 0 atom stereocenters. The van der Waals surface area contributed by atoms with E-state index >= 15 is 0 Å². The van der Waals surface area contributed by atoms with Crippen LogP contribution in [0.2, 0.25) is 0 Å². The van der Waals surface area contributed by atoms with Crippen LogP contribution in [-0.2, 0) is 0 Å². The van der Waals surface area contributed by atoms with Crippen molar-refractivity contribution in [2.24, 2.45) is 0 Å². The summed E-state index contributed by atoms with van der Waals surface area (Å²) < 4.78 is 0. The number of rotatable bonds is 0. The Kier molecular flexibility index (Phi) is 2.61. The van der Waals surface area contributed by atoms with Gasteiger partial charge in [0.05, 0.1) is 6.20 Å². The average molecular weight is 195 g/mol. The number of benzene rings is 1. The molecule has 15 heavy (non-hydrogen) atoms. The monoisotopic (exact) mass is 195 g/mol. The van der Waals surface area contributed by atoms with Gasteiger partial charge in [0.15, 0.2) is 0 Å². The van der Waals surface area contributed by atoms with Gasteiger partial charge in [0.25, 0.3) is 0 Å². The first kappa shape index (κ1) is 9.22. The molecule has 0 saturated carbocycles. The highest BCUT2D eigenvalue weighted by Gasteiger charge is 1.88. The van der Waals surface area contributed by atoms with Crippen LogP contribution in [0.15, 0.2) is 42.9 Å². The van der Waals surface area contributed by atoms with Gasteiger partial charge in [-0.25, -0.2) is 4.98 Å². The summed E-state index contributed by atoms with van der Waals surface area (Å²) in [5.74, 6) is 5.88. The van der Waals surface area contributed by atoms with Crippen molar-refractivity contribution in [2.75, 3.05) is 5.73 Å². The molecule has 72 valence electrons. The van der Waals surface area contributed by atoms with E-state index in [1.807, 2.05) is 24.3 Å². The van der Waals surface area contributed by atoms with Gasteiger partial charge < -0.3 is 5.73 Å². The van der Waals surface area contributed by atoms with Gasteiger partial charge >= 0.3 is 0 Å². The Morgan fingerprint density at radius 1 is 1.13 bits per heavy atom. The fourth-order valence-corrected chi connectivity index (χ4v) is 1.12. The van der Waals surface area contributed by atoms with E-state index in [1.54, 1.807) is 18.6 Å². The fraction of sp³-hybridized carbons (Fsp3) is 0. The zero-order chi connectivity index (χ0) is 10.5. The summed E-state index contributed by atoms with van der Waals surface area (Å²) in [7, 11) is 0. The third-order valence-corrected chi connectivity index (χ3v) is 1.78. The van der Waals surface area contributed by atoms with Crippen LogP contribution in [0.5, 0.6) is 0 Å². The van der Waals surface area contributed by atoms with Crippen LogP contribution in [0.25, 0.3) is 0 Å². The number of hydrogen-bond donors (Lipinski definition) is 1. The molecule has 0 fully saturated rings. The van der Waals surface area contributed by atoms with E-state index in [2.05, 4.69) is 21.8 Å². The summed E-state index contributed by atoms with van der Waals surface area (Å²) in [5.41, 5.74) is 7.87. The van der Waals surface area contributed by atoms with Crippen molar-refractivity contribution in [1.82, 2.24) is 9.97 Å². The second-order valence-corrected chi connectivity index (χ2v) is 2.97. The van der Waals surface area contributed by atoms with E-state index in [-0.39, 0.29) is 0 Å². The van der Waals surface area contributed by atoms with E-state index in [1.165, 1.54) is 0 Å². The lowest BCUT2D eigenvalue weighted by Gasteiger charge is -1.92. The smallest absolute Gasteiger partial charge is 0.131 e. The van der Waals surface area contributed by atoms with Crippen LogP contribution in [-0.4, -0.2) is 9.97 Å². The molecule has 1 aromatic heterocycles. The van der Waals surface area contributed by atoms with Gasteiger partial charge in [-0.1, -0.05) is 12.0 Å². The fourth-order valence-electron chi connectivity index (χ4n) is 1.12. The molecular formula is C12H9N3. The molecule has 0 radical (unpaired) electrons. The van der Waals surface area contributed by atoms with Crippen LogP contribution in [0, 0.1) is 11.8 Å². The SMILES string of the molecule is Nc1cccc(C#Cc2cnccn2)c1. The molecule has 0 aliphatic heterocycles. The molecule has 3 heteroatoms. The maximum Gasteiger partial charge on any atom is 0.131 e. The van der Waals surface area contributed by atoms with Crippen molar-refractivity contribution in [3.05, 3.63) is 54.1 Å². The Morgan fingerprint density at radius 3 is 2.80 bits per heavy atom. The van der Waals surface area contributed by atoms with Crippen molar-refractivity contribution in [2.45, 2.75) is 0 Å². The molecule has 0 unspecified atom stereocenters. The molecule has 0 bridgehead atoms. The molecule has 3 nitrogen and oxygen atoms in total. The van der Waals surface area contributed by atoms with E-state index in [0.29, 0.717) is 11.4 Å². The zero-order valence-corrected chi connectivity index (χ0v) is 8.01. The molecule has 1 aromatic carbocycles. The number of nitrogens with zero attached hydrogens (tertiary/aromatic N) is 2. The molecule has 2 aromatic rings. The summed E-state index contributed by atoms with van der Waals surface area (Å²) >= 11 is 0. The largest absolute Gasteiger partial charge is 0.399 e. The van der Waals surface area contributed by atoms with Crippen LogP contribution in [0.3, 0.4) is 0 Å². The average Bonchev–Trinajstić information content (AvgIpc) is 2.28. The number of anilines is 1. The van der Waals surface area contributed by atoms with Crippen molar-refractivity contribution in [3.8, 4) is 11.8 Å². The van der Waals surface area contributed by atoms with Gasteiger partial charge in [-0.15, -0.1) is 0 Å². The number of nitrogen functional groups attached to an aromatic ring is 1. The molecule has 0 spiro atoms. The molecular weight excluding hydrogens is 186 g/mol. The second-order valence-electron chi connectivity index (χ2n) is 2.97. The molecule has 0 saturated heterocycles. The van der Waals surface area contributed by atoms with Gasteiger partial charge in [0, 0.05) is 23.6 Å². The van der Waals surface area contributed by atoms with Crippen LogP contribution in [0.4, 0.5) is 5.69 Å². The molecule has 0 amide bonds. The highest BCUT2D eigenvalue weighted by molar-refractivity contribution is 5.48. The van der Waals surface area contributed by atoms with Crippen LogP contribution in [0.1, 0.15) is 11.3 Å². The quantitative estimate of drug-likeness (QED) is 0.511. The Morgan fingerprint density at radius 2 is 2.07 bits per heavy atom. The van der Waals surface area contributed by atoms with Gasteiger partial charge in [-0.2, -0.15) is 0 Å². The normalized spacial score (nSPS) is 9.07. The second kappa shape index (κ2) is 4.25. The van der Waals surface area contributed by atoms with E-state index in [9.17, 15) is 0 Å². The van der Waals surface area contributed by atoms with E-state index < -0.39 is 0 Å². The maximum atomic E-state index is 5.63. The van der Waals surface area contributed by atoms with Gasteiger partial charge in [-0.3, -0.25) is 4.98 Å². The van der Waals surface area contributed by atoms with Crippen LogP contribution < -0.4 is 5.73 Å². The predicted octanol–water partition coefficient (Wildman–Crippen LogP) is 1.46. The minimum absolute atomic E-state index is 0.653. The minimum atomic E-state index is 0.653. The first-order valence-corrected chi connectivity index (χ1v) is 4.48. The van der Waals surface area contributed by atoms with Gasteiger partial charge in [0.1, 0.15) is 5.69 Å². The Balaban J connectivity index is 2.26. The van der Waals surface area contributed by atoms with Gasteiger partial charge in [-0.05, 0) is 24.1 Å². The van der Waals surface area contributed by atoms with Crippen molar-refractivity contribution in [3.63, 3.8) is 0 Å². The van der Waals surface area contributed by atoms with Crippen molar-refractivity contribution in [1.29, 1.82) is 0 Å². The number of nitrogens with two attached hydrogens (primary N) is 1. The van der Waals surface area contributed by atoms with Crippen molar-refractivity contribution >= 4 is 5.69 Å². The third-order valence-electron chi connectivity index (χ3n) is 1.78. The summed E-state index contributed by atoms with van der Waals surface area (Å²) in [6.07, 6.45) is 4.86. The molecule has 1 heterocycles. The Hall–Kier alpha value is -2.34. The summed E-state index contributed by atoms with van der Waals surface area (Å²) in [6, 6.07) is 7.42. The third kappa shape index (κ3) is 2.55. The number of hydrogen-bond acceptors (Lipinski definition) is 3. The van der Waals surface area contributed by atoms with Crippen molar-refractivity contribution < 1.29 is 0 Å². The Labute approximate surface area is 88.0 Å². The molecule has 0 aliphatic rings. The first-order chi connectivity index (χ1) is 7.34. The Bertz CT molecular complexity index is 509. The number of aromatic nitrogens is 2. The highest BCUT2D eigenvalue weighted by Crippen LogP contribution is 2.04. The lowest BCUT2D eigenvalue weighted by atomic mass is 10.2. The first-order valence-electron chi connectivity index (χ1n) is 4.48. The van der Waals surface area contributed by atoms with E-state index in [0.717, 1.165) is 5.56 Å². The summed E-state index contributed by atoms with van der Waals surface area (Å²) in [5, 5.41) is 0. The standard InChI is InChI=1S/C12H9N3/c13-11-3-1-2-10(8-11)4-5-12-9-14-6-7-15-12/h1-3,6-9H,13H2. The molecule has 0 aliphatic carbocycles. The van der Waals surface area contributed by atoms with E-state index in [4.69, 9.17) is 5.73 Å². The van der Waals surface area contributed by atoms with Gasteiger partial charge in [0.2, 0.25) is 0 Å². The maximum absolute atomic E-state index is 5.63. The predicted molar refractivity (Wildman–Crippen MR) is 58.9 cm³/mol.